The van der Waals surface area contributed by atoms with Crippen LogP contribution >= 0.6 is 0 Å². The monoisotopic (exact) mass is 330 g/mol. The molecular formula is C17H13F3N4. The summed E-state index contributed by atoms with van der Waals surface area (Å²) in [5, 5.41) is 7.63. The number of para-hydroxylation sites is 1. The first-order chi connectivity index (χ1) is 11.6. The number of fused-ring (bicyclic) bond motifs is 1. The first-order valence-electron chi connectivity index (χ1n) is 7.48. The highest BCUT2D eigenvalue weighted by atomic mass is 19.4. The van der Waals surface area contributed by atoms with E-state index in [1.165, 1.54) is 16.8 Å². The van der Waals surface area contributed by atoms with E-state index in [2.05, 4.69) is 15.4 Å². The maximum absolute atomic E-state index is 13.3. The Balaban J connectivity index is 1.93. The fourth-order valence-corrected chi connectivity index (χ4v) is 2.99. The number of nitrogens with one attached hydrogen (secondary N) is 1. The van der Waals surface area contributed by atoms with E-state index in [0.29, 0.717) is 18.1 Å². The maximum atomic E-state index is 13.3. The van der Waals surface area contributed by atoms with E-state index in [0.717, 1.165) is 23.6 Å². The van der Waals surface area contributed by atoms with Crippen LogP contribution in [-0.2, 0) is 12.6 Å². The van der Waals surface area contributed by atoms with Gasteiger partial charge >= 0.3 is 6.18 Å². The van der Waals surface area contributed by atoms with E-state index >= 15 is 0 Å². The van der Waals surface area contributed by atoms with Crippen LogP contribution in [0.3, 0.4) is 0 Å². The van der Waals surface area contributed by atoms with Gasteiger partial charge in [0.15, 0.2) is 0 Å². The molecule has 0 fully saturated rings. The van der Waals surface area contributed by atoms with Crippen molar-refractivity contribution >= 4 is 5.82 Å². The van der Waals surface area contributed by atoms with Crippen molar-refractivity contribution in [2.75, 3.05) is 11.9 Å². The van der Waals surface area contributed by atoms with Gasteiger partial charge in [0.1, 0.15) is 5.82 Å². The second-order valence-electron chi connectivity index (χ2n) is 5.52. The van der Waals surface area contributed by atoms with Crippen LogP contribution in [0.5, 0.6) is 0 Å². The fourth-order valence-electron chi connectivity index (χ4n) is 2.99. The van der Waals surface area contributed by atoms with Crippen LogP contribution in [0.2, 0.25) is 0 Å². The Labute approximate surface area is 136 Å². The SMILES string of the molecule is FC(F)(F)c1ccccc1-n1nc(-c2ccncc2)c2c1NCC2. The van der Waals surface area contributed by atoms with Gasteiger partial charge in [-0.25, -0.2) is 4.68 Å². The molecule has 0 atom stereocenters. The number of rotatable bonds is 2. The van der Waals surface area contributed by atoms with Crippen molar-refractivity contribution in [1.29, 1.82) is 0 Å². The number of hydrogen-bond donors (Lipinski definition) is 1. The van der Waals surface area contributed by atoms with Crippen molar-refractivity contribution in [3.05, 3.63) is 59.9 Å². The summed E-state index contributed by atoms with van der Waals surface area (Å²) in [5.41, 5.74) is 1.78. The molecule has 1 aliphatic heterocycles. The summed E-state index contributed by atoms with van der Waals surface area (Å²) in [6, 6.07) is 9.09. The normalized spacial score (nSPS) is 13.6. The number of hydrogen-bond acceptors (Lipinski definition) is 3. The van der Waals surface area contributed by atoms with Gasteiger partial charge in [0.25, 0.3) is 0 Å². The van der Waals surface area contributed by atoms with Crippen LogP contribution < -0.4 is 5.32 Å². The summed E-state index contributed by atoms with van der Waals surface area (Å²) in [6.07, 6.45) is -0.425. The highest BCUT2D eigenvalue weighted by Crippen LogP contribution is 2.38. The van der Waals surface area contributed by atoms with Crippen molar-refractivity contribution in [2.24, 2.45) is 0 Å². The van der Waals surface area contributed by atoms with Gasteiger partial charge in [0.05, 0.1) is 16.9 Å². The standard InChI is InChI=1S/C17H13F3N4/c18-17(19,20)13-3-1-2-4-14(13)24-16-12(7-10-22-16)15(23-24)11-5-8-21-9-6-11/h1-6,8-9,22H,7,10H2. The lowest BCUT2D eigenvalue weighted by molar-refractivity contribution is -0.137. The Morgan fingerprint density at radius 3 is 2.54 bits per heavy atom. The predicted molar refractivity (Wildman–Crippen MR) is 84.0 cm³/mol. The number of halogens is 3. The second-order valence-corrected chi connectivity index (χ2v) is 5.52. The molecule has 24 heavy (non-hydrogen) atoms. The molecule has 0 amide bonds. The van der Waals surface area contributed by atoms with Crippen LogP contribution in [0, 0.1) is 0 Å². The molecular weight excluding hydrogens is 317 g/mol. The van der Waals surface area contributed by atoms with Gasteiger partial charge in [0.2, 0.25) is 0 Å². The third kappa shape index (κ3) is 2.33. The van der Waals surface area contributed by atoms with E-state index in [9.17, 15) is 13.2 Å². The number of alkyl halides is 3. The predicted octanol–water partition coefficient (Wildman–Crippen LogP) is 3.92. The van der Waals surface area contributed by atoms with Crippen molar-refractivity contribution < 1.29 is 13.2 Å². The molecule has 0 unspecified atom stereocenters. The van der Waals surface area contributed by atoms with E-state index < -0.39 is 11.7 Å². The van der Waals surface area contributed by atoms with Gasteiger partial charge in [-0.05, 0) is 30.7 Å². The Morgan fingerprint density at radius 1 is 1.04 bits per heavy atom. The lowest BCUT2D eigenvalue weighted by atomic mass is 10.1. The van der Waals surface area contributed by atoms with E-state index in [4.69, 9.17) is 0 Å². The van der Waals surface area contributed by atoms with E-state index in [1.807, 2.05) is 0 Å². The number of aromatic nitrogens is 3. The second kappa shape index (κ2) is 5.36. The van der Waals surface area contributed by atoms with Crippen LogP contribution in [0.1, 0.15) is 11.1 Å². The van der Waals surface area contributed by atoms with Gasteiger partial charge in [-0.15, -0.1) is 0 Å². The molecule has 0 radical (unpaired) electrons. The highest BCUT2D eigenvalue weighted by Gasteiger charge is 2.35. The first-order valence-corrected chi connectivity index (χ1v) is 7.48. The number of anilines is 1. The quantitative estimate of drug-likeness (QED) is 0.774. The molecule has 4 nitrogen and oxygen atoms in total. The minimum Gasteiger partial charge on any atom is -0.369 e. The molecule has 0 spiro atoms. The van der Waals surface area contributed by atoms with Crippen molar-refractivity contribution in [2.45, 2.75) is 12.6 Å². The molecule has 0 saturated carbocycles. The summed E-state index contributed by atoms with van der Waals surface area (Å²) >= 11 is 0. The summed E-state index contributed by atoms with van der Waals surface area (Å²) < 4.78 is 41.4. The van der Waals surface area contributed by atoms with Crippen LogP contribution in [0.4, 0.5) is 19.0 Å². The van der Waals surface area contributed by atoms with E-state index in [-0.39, 0.29) is 5.69 Å². The summed E-state index contributed by atoms with van der Waals surface area (Å²) in [5.74, 6) is 0.624. The van der Waals surface area contributed by atoms with Gasteiger partial charge in [-0.1, -0.05) is 12.1 Å². The molecule has 122 valence electrons. The summed E-state index contributed by atoms with van der Waals surface area (Å²) in [4.78, 5) is 3.98. The Bertz CT molecular complexity index is 885. The first kappa shape index (κ1) is 14.7. The minimum absolute atomic E-state index is 0.0240. The van der Waals surface area contributed by atoms with Gasteiger partial charge in [-0.3, -0.25) is 4.98 Å². The van der Waals surface area contributed by atoms with Gasteiger partial charge in [-0.2, -0.15) is 18.3 Å². The molecule has 0 bridgehead atoms. The number of pyridine rings is 1. The average Bonchev–Trinajstić information content (AvgIpc) is 3.17. The third-order valence-corrected chi connectivity index (χ3v) is 4.04. The molecule has 3 heterocycles. The Hall–Kier alpha value is -2.83. The van der Waals surface area contributed by atoms with Crippen LogP contribution in [-0.4, -0.2) is 21.3 Å². The molecule has 7 heteroatoms. The maximum Gasteiger partial charge on any atom is 0.418 e. The molecule has 2 aromatic heterocycles. The summed E-state index contributed by atoms with van der Waals surface area (Å²) in [6.45, 7) is 0.680. The van der Waals surface area contributed by atoms with Crippen LogP contribution in [0.25, 0.3) is 16.9 Å². The Morgan fingerprint density at radius 2 is 1.79 bits per heavy atom. The number of nitrogens with zero attached hydrogens (tertiary/aromatic N) is 3. The molecule has 1 N–H and O–H groups in total. The Kier molecular flexibility index (Phi) is 3.30. The van der Waals surface area contributed by atoms with Gasteiger partial charge in [0, 0.05) is 30.1 Å². The zero-order chi connectivity index (χ0) is 16.7. The van der Waals surface area contributed by atoms with Gasteiger partial charge < -0.3 is 5.32 Å². The van der Waals surface area contributed by atoms with Crippen molar-refractivity contribution in [3.8, 4) is 16.9 Å². The number of benzene rings is 1. The van der Waals surface area contributed by atoms with Crippen molar-refractivity contribution in [3.63, 3.8) is 0 Å². The minimum atomic E-state index is -4.44. The summed E-state index contributed by atoms with van der Waals surface area (Å²) in [7, 11) is 0. The smallest absolute Gasteiger partial charge is 0.369 e. The molecule has 1 aromatic carbocycles. The topological polar surface area (TPSA) is 42.7 Å². The molecule has 1 aliphatic rings. The molecule has 0 aliphatic carbocycles. The van der Waals surface area contributed by atoms with Crippen LogP contribution in [0.15, 0.2) is 48.8 Å². The highest BCUT2D eigenvalue weighted by molar-refractivity contribution is 5.72. The third-order valence-electron chi connectivity index (χ3n) is 4.04. The molecule has 4 rings (SSSR count). The molecule has 3 aromatic rings. The zero-order valence-electron chi connectivity index (χ0n) is 12.5. The molecule has 0 saturated heterocycles. The lowest BCUT2D eigenvalue weighted by Crippen LogP contribution is -2.13. The zero-order valence-corrected chi connectivity index (χ0v) is 12.5. The lowest BCUT2D eigenvalue weighted by Gasteiger charge is -2.14. The fraction of sp³-hybridized carbons (Fsp3) is 0.176. The average molecular weight is 330 g/mol. The van der Waals surface area contributed by atoms with E-state index in [1.54, 1.807) is 30.6 Å². The largest absolute Gasteiger partial charge is 0.418 e. The van der Waals surface area contributed by atoms with Crippen molar-refractivity contribution in [1.82, 2.24) is 14.8 Å².